The largest absolute Gasteiger partial charge is 0.431 e. The minimum absolute atomic E-state index is 0.305. The van der Waals surface area contributed by atoms with Crippen LogP contribution < -0.4 is 4.90 Å². The first-order chi connectivity index (χ1) is 9.95. The van der Waals surface area contributed by atoms with Crippen molar-refractivity contribution >= 4 is 22.9 Å². The smallest absolute Gasteiger partial charge is 0.318 e. The van der Waals surface area contributed by atoms with E-state index in [1.807, 2.05) is 6.92 Å². The van der Waals surface area contributed by atoms with Crippen LogP contribution in [0.4, 0.5) is 30.4 Å². The van der Waals surface area contributed by atoms with E-state index in [-0.39, 0.29) is 6.54 Å². The predicted molar refractivity (Wildman–Crippen MR) is 75.6 cm³/mol. The number of rotatable bonds is 1. The quantitative estimate of drug-likeness (QED) is 0.788. The molecule has 0 bridgehead atoms. The molecule has 0 unspecified atom stereocenters. The van der Waals surface area contributed by atoms with E-state index in [2.05, 4.69) is 9.98 Å². The number of pyridine rings is 1. The lowest BCUT2D eigenvalue weighted by Crippen LogP contribution is -2.37. The van der Waals surface area contributed by atoms with E-state index >= 15 is 0 Å². The van der Waals surface area contributed by atoms with E-state index in [4.69, 9.17) is 0 Å². The normalized spacial score (nSPS) is 14.7. The first-order valence-corrected chi connectivity index (χ1v) is 6.39. The summed E-state index contributed by atoms with van der Waals surface area (Å²) in [6, 6.07) is 10.3. The molecule has 3 nitrogen and oxygen atoms in total. The third-order valence-electron chi connectivity index (χ3n) is 3.24. The molecule has 0 aliphatic carbocycles. The Morgan fingerprint density at radius 1 is 1.14 bits per heavy atom. The van der Waals surface area contributed by atoms with E-state index in [1.54, 1.807) is 42.6 Å². The van der Waals surface area contributed by atoms with Gasteiger partial charge in [-0.15, -0.1) is 0 Å². The molecule has 0 saturated carbocycles. The summed E-state index contributed by atoms with van der Waals surface area (Å²) in [4.78, 5) is 9.46. The van der Waals surface area contributed by atoms with Crippen molar-refractivity contribution in [3.63, 3.8) is 0 Å². The second-order valence-electron chi connectivity index (χ2n) is 4.82. The molecular weight excluding hydrogens is 279 g/mol. The number of nitrogens with zero attached hydrogens (tertiary/aromatic N) is 3. The van der Waals surface area contributed by atoms with Crippen molar-refractivity contribution in [3.8, 4) is 0 Å². The van der Waals surface area contributed by atoms with Gasteiger partial charge in [0.05, 0.1) is 17.9 Å². The number of para-hydroxylation sites is 2. The Labute approximate surface area is 119 Å². The van der Waals surface area contributed by atoms with E-state index < -0.39 is 11.9 Å². The zero-order valence-corrected chi connectivity index (χ0v) is 11.2. The average Bonchev–Trinajstić information content (AvgIpc) is 2.45. The average molecular weight is 291 g/mol. The fourth-order valence-electron chi connectivity index (χ4n) is 2.23. The van der Waals surface area contributed by atoms with Crippen molar-refractivity contribution in [2.45, 2.75) is 13.1 Å². The summed E-state index contributed by atoms with van der Waals surface area (Å²) >= 11 is 0. The molecule has 1 aliphatic rings. The van der Waals surface area contributed by atoms with Gasteiger partial charge < -0.3 is 4.90 Å². The number of fused-ring (bicyclic) bond motifs is 1. The number of hydrogen-bond donors (Lipinski definition) is 0. The van der Waals surface area contributed by atoms with Gasteiger partial charge in [-0.05, 0) is 36.8 Å². The molecular formula is C15H12F3N3. The van der Waals surface area contributed by atoms with E-state index in [9.17, 15) is 13.2 Å². The van der Waals surface area contributed by atoms with Gasteiger partial charge in [0.15, 0.2) is 0 Å². The zero-order valence-electron chi connectivity index (χ0n) is 11.2. The van der Waals surface area contributed by atoms with Gasteiger partial charge in [0, 0.05) is 6.20 Å². The lowest BCUT2D eigenvalue weighted by Gasteiger charge is -2.30. The Bertz CT molecular complexity index is 707. The number of anilines is 2. The maximum absolute atomic E-state index is 13.0. The number of aromatic nitrogens is 1. The zero-order chi connectivity index (χ0) is 15.0. The van der Waals surface area contributed by atoms with Crippen LogP contribution in [0.5, 0.6) is 0 Å². The molecule has 1 aliphatic heterocycles. The Hall–Kier alpha value is -2.37. The maximum Gasteiger partial charge on any atom is 0.431 e. The van der Waals surface area contributed by atoms with Crippen LogP contribution in [0.2, 0.25) is 0 Å². The van der Waals surface area contributed by atoms with Gasteiger partial charge >= 0.3 is 6.18 Å². The van der Waals surface area contributed by atoms with Crippen LogP contribution in [-0.4, -0.2) is 23.4 Å². The Balaban J connectivity index is 2.12. The number of aliphatic imine (C=N–C) groups is 1. The van der Waals surface area contributed by atoms with Crippen molar-refractivity contribution in [1.29, 1.82) is 0 Å². The summed E-state index contributed by atoms with van der Waals surface area (Å²) in [5.41, 5.74) is 1.06. The summed E-state index contributed by atoms with van der Waals surface area (Å²) < 4.78 is 39.1. The van der Waals surface area contributed by atoms with Crippen molar-refractivity contribution in [3.05, 3.63) is 48.2 Å². The highest BCUT2D eigenvalue weighted by Crippen LogP contribution is 2.38. The molecule has 0 atom stereocenters. The third-order valence-corrected chi connectivity index (χ3v) is 3.24. The van der Waals surface area contributed by atoms with Gasteiger partial charge in [-0.25, -0.2) is 9.98 Å². The summed E-state index contributed by atoms with van der Waals surface area (Å²) in [5.74, 6) is 0.485. The van der Waals surface area contributed by atoms with E-state index in [0.717, 1.165) is 5.56 Å². The number of hydrogen-bond acceptors (Lipinski definition) is 3. The van der Waals surface area contributed by atoms with Gasteiger partial charge in [-0.1, -0.05) is 12.1 Å². The second-order valence-corrected chi connectivity index (χ2v) is 4.82. The van der Waals surface area contributed by atoms with Crippen LogP contribution in [-0.2, 0) is 0 Å². The van der Waals surface area contributed by atoms with Crippen LogP contribution in [0.25, 0.3) is 0 Å². The monoisotopic (exact) mass is 291 g/mol. The Kier molecular flexibility index (Phi) is 3.16. The topological polar surface area (TPSA) is 28.5 Å². The molecule has 6 heteroatoms. The first-order valence-electron chi connectivity index (χ1n) is 6.39. The molecule has 1 aromatic heterocycles. The van der Waals surface area contributed by atoms with Gasteiger partial charge in [-0.3, -0.25) is 0 Å². The molecule has 0 amide bonds. The van der Waals surface area contributed by atoms with Crippen LogP contribution >= 0.6 is 0 Å². The van der Waals surface area contributed by atoms with Crippen LogP contribution in [0.1, 0.15) is 5.56 Å². The number of halogens is 3. The molecule has 0 saturated heterocycles. The molecule has 2 heterocycles. The molecule has 108 valence electrons. The van der Waals surface area contributed by atoms with Gasteiger partial charge in [0.1, 0.15) is 11.5 Å². The molecule has 0 radical (unpaired) electrons. The lowest BCUT2D eigenvalue weighted by atomic mass is 10.1. The Morgan fingerprint density at radius 2 is 1.90 bits per heavy atom. The van der Waals surface area contributed by atoms with Crippen LogP contribution in [0.15, 0.2) is 47.6 Å². The molecule has 3 rings (SSSR count). The molecule has 0 N–H and O–H groups in total. The highest BCUT2D eigenvalue weighted by molar-refractivity contribution is 6.01. The van der Waals surface area contributed by atoms with Crippen molar-refractivity contribution in [1.82, 2.24) is 4.98 Å². The minimum atomic E-state index is -4.45. The van der Waals surface area contributed by atoms with E-state index in [1.165, 1.54) is 4.90 Å². The first kappa shape index (κ1) is 13.6. The highest BCUT2D eigenvalue weighted by atomic mass is 19.4. The fourth-order valence-corrected chi connectivity index (χ4v) is 2.23. The number of aryl methyl sites for hydroxylation is 1. The van der Waals surface area contributed by atoms with E-state index in [0.29, 0.717) is 17.2 Å². The summed E-state index contributed by atoms with van der Waals surface area (Å²) in [5, 5.41) is 0. The predicted octanol–water partition coefficient (Wildman–Crippen LogP) is 4.18. The van der Waals surface area contributed by atoms with Crippen molar-refractivity contribution in [2.24, 2.45) is 4.99 Å². The lowest BCUT2D eigenvalue weighted by molar-refractivity contribution is -0.0596. The second kappa shape index (κ2) is 4.87. The molecule has 0 fully saturated rings. The summed E-state index contributed by atoms with van der Waals surface area (Å²) in [6.45, 7) is 1.54. The molecule has 21 heavy (non-hydrogen) atoms. The SMILES string of the molecule is Cc1ccnc(N2CC(C(F)(F)F)=Nc3ccccc32)c1. The number of benzene rings is 1. The van der Waals surface area contributed by atoms with Gasteiger partial charge in [-0.2, -0.15) is 13.2 Å². The highest BCUT2D eigenvalue weighted by Gasteiger charge is 2.39. The minimum Gasteiger partial charge on any atom is -0.318 e. The molecule has 2 aromatic rings. The summed E-state index contributed by atoms with van der Waals surface area (Å²) in [7, 11) is 0. The number of alkyl halides is 3. The maximum atomic E-state index is 13.0. The van der Waals surface area contributed by atoms with Crippen molar-refractivity contribution < 1.29 is 13.2 Å². The molecule has 1 aromatic carbocycles. The standard InChI is InChI=1S/C15H12F3N3/c1-10-6-7-19-14(8-10)21-9-13(15(16,17)18)20-11-4-2-3-5-12(11)21/h2-8H,9H2,1H3. The van der Waals surface area contributed by atoms with Crippen molar-refractivity contribution in [2.75, 3.05) is 11.4 Å². The van der Waals surface area contributed by atoms with Gasteiger partial charge in [0.2, 0.25) is 0 Å². The van der Waals surface area contributed by atoms with Gasteiger partial charge in [0.25, 0.3) is 0 Å². The fraction of sp³-hybridized carbons (Fsp3) is 0.200. The third kappa shape index (κ3) is 2.61. The van der Waals surface area contributed by atoms with Crippen LogP contribution in [0, 0.1) is 6.92 Å². The summed E-state index contributed by atoms with van der Waals surface area (Å²) in [6.07, 6.45) is -2.86. The molecule has 0 spiro atoms. The Morgan fingerprint density at radius 3 is 2.62 bits per heavy atom. The van der Waals surface area contributed by atoms with Crippen LogP contribution in [0.3, 0.4) is 0 Å².